The number of oxazole rings is 1. The first-order valence-electron chi connectivity index (χ1n) is 1.93. The van der Waals surface area contributed by atoms with E-state index in [4.69, 9.17) is 0 Å². The zero-order valence-electron chi connectivity index (χ0n) is 4.90. The Balaban J connectivity index is 0.000000640. The first-order valence-corrected chi connectivity index (χ1v) is 1.93. The van der Waals surface area contributed by atoms with Crippen molar-refractivity contribution in [1.29, 1.82) is 0 Å². The van der Waals surface area contributed by atoms with E-state index in [0.717, 1.165) is 0 Å². The summed E-state index contributed by atoms with van der Waals surface area (Å²) in [5.74, 6) is 0. The molecule has 0 amide bonds. The Morgan fingerprint density at radius 2 is 2.88 bits per heavy atom. The van der Waals surface area contributed by atoms with Gasteiger partial charge in [0.2, 0.25) is 0 Å². The summed E-state index contributed by atoms with van der Waals surface area (Å²) in [5.41, 5.74) is 0. The van der Waals surface area contributed by atoms with Crippen LogP contribution in [0.3, 0.4) is 0 Å². The summed E-state index contributed by atoms with van der Waals surface area (Å²) in [6.45, 7) is 0.256. The predicted octanol–water partition coefficient (Wildman–Crippen LogP) is 0.322. The molecule has 1 aromatic rings. The van der Waals surface area contributed by atoms with Crippen molar-refractivity contribution in [3.8, 4) is 6.08 Å². The summed E-state index contributed by atoms with van der Waals surface area (Å²) in [5, 5.41) is 0. The fourth-order valence-corrected chi connectivity index (χ4v) is 0.310. The molecule has 0 spiro atoms. The van der Waals surface area contributed by atoms with Crippen LogP contribution in [-0.4, -0.2) is 11.5 Å². The van der Waals surface area contributed by atoms with E-state index in [0.29, 0.717) is 0 Å². The van der Waals surface area contributed by atoms with Crippen LogP contribution in [0.15, 0.2) is 16.9 Å². The van der Waals surface area contributed by atoms with Gasteiger partial charge in [-0.1, -0.05) is 0 Å². The molecule has 1 rings (SSSR count). The average Bonchev–Trinajstić information content (AvgIpc) is 2.19. The van der Waals surface area contributed by atoms with Crippen LogP contribution in [0.25, 0.3) is 0 Å². The maximum absolute atomic E-state index is 9.55. The Morgan fingerprint density at radius 3 is 3.38 bits per heavy atom. The van der Waals surface area contributed by atoms with Gasteiger partial charge in [-0.05, 0) is 0 Å². The zero-order valence-corrected chi connectivity index (χ0v) is 3.90. The lowest BCUT2D eigenvalue weighted by atomic mass is 11.0. The van der Waals surface area contributed by atoms with Crippen molar-refractivity contribution in [2.24, 2.45) is 0 Å². The van der Waals surface area contributed by atoms with Crippen molar-refractivity contribution in [1.82, 2.24) is 4.98 Å². The molecule has 4 heteroatoms. The zero-order chi connectivity index (χ0) is 5.82. The number of hydrogen-bond acceptors (Lipinski definition) is 4. The fraction of sp³-hybridized carbons (Fsp3) is 0. The minimum atomic E-state index is -0.0278. The van der Waals surface area contributed by atoms with Crippen LogP contribution in [0.2, 0.25) is 0 Å². The smallest absolute Gasteiger partial charge is 0.417 e. The minimum Gasteiger partial charge on any atom is -0.417 e. The van der Waals surface area contributed by atoms with Crippen LogP contribution in [-0.2, 0) is 4.79 Å². The van der Waals surface area contributed by atoms with E-state index >= 15 is 0 Å². The molecule has 0 bridgehead atoms. The van der Waals surface area contributed by atoms with Crippen molar-refractivity contribution >= 4 is 6.47 Å². The third-order valence-corrected chi connectivity index (χ3v) is 0.559. The molecule has 0 aliphatic carbocycles. The molecule has 0 aliphatic rings. The highest BCUT2D eigenvalue weighted by Gasteiger charge is 1.91. The van der Waals surface area contributed by atoms with Gasteiger partial charge >= 0.3 is 14.0 Å². The summed E-state index contributed by atoms with van der Waals surface area (Å²) in [4.78, 5) is 13.0. The maximum atomic E-state index is 9.55. The van der Waals surface area contributed by atoms with Crippen LogP contribution in [0.1, 0.15) is 1.43 Å². The summed E-state index contributed by atoms with van der Waals surface area (Å²) in [6.07, 6.45) is 2.68. The van der Waals surface area contributed by atoms with Gasteiger partial charge < -0.3 is 9.15 Å². The maximum Gasteiger partial charge on any atom is 1.00 e. The molecule has 4 nitrogen and oxygen atoms in total. The van der Waals surface area contributed by atoms with Crippen LogP contribution in [0.4, 0.5) is 0 Å². The number of hydrogen-bond donors (Lipinski definition) is 0. The molecule has 0 unspecified atom stereocenters. The SMILES string of the molecule is O=COc1ncco1.[H+]. The Kier molecular flexibility index (Phi) is 1.27. The largest absolute Gasteiger partial charge is 1.00 e. The van der Waals surface area contributed by atoms with Crippen molar-refractivity contribution < 1.29 is 15.4 Å². The van der Waals surface area contributed by atoms with Crippen LogP contribution in [0, 0.1) is 0 Å². The molecule has 1 heterocycles. The van der Waals surface area contributed by atoms with Gasteiger partial charge in [0, 0.05) is 0 Å². The van der Waals surface area contributed by atoms with Crippen LogP contribution < -0.4 is 4.74 Å². The lowest BCUT2D eigenvalue weighted by molar-refractivity contribution is -0.122. The molecule has 0 N–H and O–H groups in total. The van der Waals surface area contributed by atoms with E-state index in [-0.39, 0.29) is 14.0 Å². The second kappa shape index (κ2) is 2.11. The molecular weight excluding hydrogens is 110 g/mol. The topological polar surface area (TPSA) is 52.3 Å². The summed E-state index contributed by atoms with van der Waals surface area (Å²) in [6, 6.07) is 0. The van der Waals surface area contributed by atoms with Crippen molar-refractivity contribution in [2.75, 3.05) is 0 Å². The molecular formula is C4H4NO3+. The molecule has 42 valence electrons. The highest BCUT2D eigenvalue weighted by molar-refractivity contribution is 5.40. The van der Waals surface area contributed by atoms with Crippen LogP contribution in [0.5, 0.6) is 6.08 Å². The Bertz CT molecular complexity index is 162. The van der Waals surface area contributed by atoms with E-state index in [1.54, 1.807) is 0 Å². The van der Waals surface area contributed by atoms with E-state index < -0.39 is 0 Å². The first kappa shape index (κ1) is 4.83. The van der Waals surface area contributed by atoms with Crippen molar-refractivity contribution in [3.63, 3.8) is 0 Å². The number of carbonyl (C=O) groups is 1. The highest BCUT2D eigenvalue weighted by Crippen LogP contribution is 2.01. The highest BCUT2D eigenvalue weighted by atomic mass is 16.6. The summed E-state index contributed by atoms with van der Waals surface area (Å²) < 4.78 is 8.70. The molecule has 0 radical (unpaired) electrons. The van der Waals surface area contributed by atoms with Gasteiger partial charge in [-0.2, -0.15) is 4.98 Å². The monoisotopic (exact) mass is 114 g/mol. The Hall–Kier alpha value is -1.32. The van der Waals surface area contributed by atoms with Crippen molar-refractivity contribution in [3.05, 3.63) is 12.5 Å². The van der Waals surface area contributed by atoms with Crippen molar-refractivity contribution in [2.45, 2.75) is 0 Å². The standard InChI is InChI=1S/C4H3NO3/c6-3-8-4-5-1-2-7-4/h1-3H/p+1. The lowest BCUT2D eigenvalue weighted by Crippen LogP contribution is -1.86. The van der Waals surface area contributed by atoms with Crippen LogP contribution >= 0.6 is 0 Å². The van der Waals surface area contributed by atoms with E-state index in [2.05, 4.69) is 14.1 Å². The van der Waals surface area contributed by atoms with E-state index in [1.807, 2.05) is 0 Å². The predicted molar refractivity (Wildman–Crippen MR) is 24.3 cm³/mol. The average molecular weight is 114 g/mol. The van der Waals surface area contributed by atoms with Gasteiger partial charge in [-0.25, -0.2) is 0 Å². The molecule has 0 aliphatic heterocycles. The normalized spacial score (nSPS) is 8.50. The third-order valence-electron chi connectivity index (χ3n) is 0.559. The Morgan fingerprint density at radius 1 is 2.00 bits per heavy atom. The lowest BCUT2D eigenvalue weighted by Gasteiger charge is -1.81. The molecule has 1 aromatic heterocycles. The fourth-order valence-electron chi connectivity index (χ4n) is 0.310. The first-order chi connectivity index (χ1) is 3.93. The number of rotatable bonds is 2. The number of aromatic nitrogens is 1. The van der Waals surface area contributed by atoms with Gasteiger partial charge in [0.15, 0.2) is 0 Å². The molecule has 0 fully saturated rings. The molecule has 0 atom stereocenters. The number of nitrogens with zero attached hydrogens (tertiary/aromatic N) is 1. The second-order valence-electron chi connectivity index (χ2n) is 1.01. The second-order valence-corrected chi connectivity index (χ2v) is 1.01. The van der Waals surface area contributed by atoms with Gasteiger partial charge in [-0.15, -0.1) is 0 Å². The Labute approximate surface area is 46.6 Å². The van der Waals surface area contributed by atoms with Gasteiger partial charge in [0.1, 0.15) is 6.26 Å². The van der Waals surface area contributed by atoms with E-state index in [9.17, 15) is 4.79 Å². The van der Waals surface area contributed by atoms with Gasteiger partial charge in [0.25, 0.3) is 0 Å². The molecule has 0 saturated carbocycles. The summed E-state index contributed by atoms with van der Waals surface area (Å²) >= 11 is 0. The quantitative estimate of drug-likeness (QED) is 0.519. The molecule has 0 saturated heterocycles. The van der Waals surface area contributed by atoms with Gasteiger partial charge in [-0.3, -0.25) is 4.79 Å². The third kappa shape index (κ3) is 0.841. The minimum absolute atomic E-state index is 0. The number of ether oxygens (including phenoxy) is 1. The van der Waals surface area contributed by atoms with E-state index in [1.165, 1.54) is 12.5 Å². The molecule has 0 aromatic carbocycles. The number of carbonyl (C=O) groups excluding carboxylic acids is 1. The van der Waals surface area contributed by atoms with Gasteiger partial charge in [0.05, 0.1) is 6.20 Å². The molecule has 8 heavy (non-hydrogen) atoms. The summed E-state index contributed by atoms with van der Waals surface area (Å²) in [7, 11) is 0.